The van der Waals surface area contributed by atoms with Crippen LogP contribution in [0.3, 0.4) is 0 Å². The normalized spacial score (nSPS) is 11.7. The molecular formula is C21H19FN4O4. The Morgan fingerprint density at radius 2 is 1.77 bits per heavy atom. The van der Waals surface area contributed by atoms with Crippen molar-refractivity contribution in [2.24, 2.45) is 0 Å². The molecule has 0 saturated heterocycles. The summed E-state index contributed by atoms with van der Waals surface area (Å²) in [6.07, 6.45) is 3.61. The number of ketones is 1. The second-order valence-corrected chi connectivity index (χ2v) is 7.53. The molecule has 154 valence electrons. The fraction of sp³-hybridized carbons (Fsp3) is 0.286. The van der Waals surface area contributed by atoms with Crippen molar-refractivity contribution < 1.29 is 22.5 Å². The molecule has 0 N–H and O–H groups in total. The fourth-order valence-electron chi connectivity index (χ4n) is 2.88. The predicted octanol–water partition coefficient (Wildman–Crippen LogP) is 4.77. The molecule has 0 aliphatic heterocycles. The first-order valence-electron chi connectivity index (χ1n) is 9.33. The van der Waals surface area contributed by atoms with Gasteiger partial charge in [0, 0.05) is 24.3 Å². The molecule has 0 saturated carbocycles. The lowest BCUT2D eigenvalue weighted by Gasteiger charge is -2.20. The van der Waals surface area contributed by atoms with E-state index in [1.807, 2.05) is 13.8 Å². The van der Waals surface area contributed by atoms with Gasteiger partial charge in [0.1, 0.15) is 24.0 Å². The number of carbonyl (C=O) groups is 1. The Balaban J connectivity index is 1.42. The summed E-state index contributed by atoms with van der Waals surface area (Å²) in [5, 5.41) is 3.72. The van der Waals surface area contributed by atoms with E-state index in [2.05, 4.69) is 20.1 Å². The van der Waals surface area contributed by atoms with Gasteiger partial charge < -0.3 is 13.4 Å². The Kier molecular flexibility index (Phi) is 5.03. The quantitative estimate of drug-likeness (QED) is 0.401. The van der Waals surface area contributed by atoms with Gasteiger partial charge in [-0.2, -0.15) is 4.98 Å². The zero-order valence-electron chi connectivity index (χ0n) is 16.7. The summed E-state index contributed by atoms with van der Waals surface area (Å²) in [6, 6.07) is 5.92. The molecule has 0 atom stereocenters. The fourth-order valence-corrected chi connectivity index (χ4v) is 2.88. The lowest BCUT2D eigenvalue weighted by Crippen LogP contribution is -2.19. The van der Waals surface area contributed by atoms with Gasteiger partial charge >= 0.3 is 0 Å². The van der Waals surface area contributed by atoms with E-state index in [0.717, 1.165) is 0 Å². The Bertz CT molecular complexity index is 1170. The number of carbonyl (C=O) groups excluding carboxylic acids is 1. The van der Waals surface area contributed by atoms with Gasteiger partial charge in [0.05, 0.1) is 5.69 Å². The highest BCUT2D eigenvalue weighted by Crippen LogP contribution is 2.31. The van der Waals surface area contributed by atoms with Gasteiger partial charge in [-0.1, -0.05) is 19.0 Å². The van der Waals surface area contributed by atoms with Crippen molar-refractivity contribution in [3.05, 3.63) is 59.9 Å². The van der Waals surface area contributed by atoms with E-state index in [1.165, 1.54) is 18.4 Å². The summed E-state index contributed by atoms with van der Waals surface area (Å²) in [4.78, 5) is 25.3. The third kappa shape index (κ3) is 4.05. The van der Waals surface area contributed by atoms with E-state index < -0.39 is 5.41 Å². The zero-order chi connectivity index (χ0) is 21.3. The summed E-state index contributed by atoms with van der Waals surface area (Å²) >= 11 is 0. The molecule has 0 amide bonds. The van der Waals surface area contributed by atoms with Crippen molar-refractivity contribution in [1.82, 2.24) is 20.1 Å². The Morgan fingerprint density at radius 1 is 1.03 bits per heavy atom. The van der Waals surface area contributed by atoms with Gasteiger partial charge in [-0.15, -0.1) is 0 Å². The second kappa shape index (κ2) is 7.66. The number of halogens is 1. The SMILES string of the molecule is Cc1nc(-c2nc(C(=O)CCC(C)(C)c3coc(-c4ccc(F)cc4)n3)co2)no1. The number of benzene rings is 1. The van der Waals surface area contributed by atoms with Gasteiger partial charge in [0.15, 0.2) is 5.78 Å². The molecule has 3 aromatic heterocycles. The maximum atomic E-state index is 13.1. The average Bonchev–Trinajstić information content (AvgIpc) is 3.47. The van der Waals surface area contributed by atoms with Crippen LogP contribution < -0.4 is 0 Å². The van der Waals surface area contributed by atoms with E-state index in [4.69, 9.17) is 13.4 Å². The maximum Gasteiger partial charge on any atom is 0.269 e. The number of hydrogen-bond donors (Lipinski definition) is 0. The summed E-state index contributed by atoms with van der Waals surface area (Å²) in [6.45, 7) is 5.60. The van der Waals surface area contributed by atoms with E-state index in [1.54, 1.807) is 25.3 Å². The predicted molar refractivity (Wildman–Crippen MR) is 103 cm³/mol. The number of Topliss-reactive ketones (excluding diaryl/α,β-unsaturated/α-hetero) is 1. The third-order valence-corrected chi connectivity index (χ3v) is 4.77. The molecule has 3 heterocycles. The molecule has 1 aromatic carbocycles. The molecule has 0 aliphatic rings. The maximum absolute atomic E-state index is 13.1. The highest BCUT2D eigenvalue weighted by Gasteiger charge is 2.27. The number of hydrogen-bond acceptors (Lipinski definition) is 8. The summed E-state index contributed by atoms with van der Waals surface area (Å²) in [5.74, 6) is 0.625. The Labute approximate surface area is 171 Å². The van der Waals surface area contributed by atoms with E-state index in [0.29, 0.717) is 29.5 Å². The van der Waals surface area contributed by atoms with Gasteiger partial charge in [0.25, 0.3) is 11.7 Å². The van der Waals surface area contributed by atoms with Crippen LogP contribution in [-0.4, -0.2) is 25.9 Å². The first-order chi connectivity index (χ1) is 14.3. The minimum absolute atomic E-state index is 0.134. The molecule has 0 bridgehead atoms. The van der Waals surface area contributed by atoms with Crippen molar-refractivity contribution in [2.45, 2.75) is 39.0 Å². The largest absolute Gasteiger partial charge is 0.444 e. The standard InChI is InChI=1S/C21H19FN4O4/c1-12-23-18(26-30-12)20-24-15(10-28-20)16(27)8-9-21(2,3)17-11-29-19(25-17)13-4-6-14(22)7-5-13/h4-7,10-11H,8-9H2,1-3H3. The molecule has 0 aliphatic carbocycles. The van der Waals surface area contributed by atoms with Crippen molar-refractivity contribution in [2.75, 3.05) is 0 Å². The van der Waals surface area contributed by atoms with Crippen LogP contribution >= 0.6 is 0 Å². The molecule has 0 unspecified atom stereocenters. The first-order valence-corrected chi connectivity index (χ1v) is 9.33. The van der Waals surface area contributed by atoms with Crippen LogP contribution in [0.25, 0.3) is 23.2 Å². The Morgan fingerprint density at radius 3 is 2.47 bits per heavy atom. The number of aryl methyl sites for hydroxylation is 1. The van der Waals surface area contributed by atoms with Crippen LogP contribution in [-0.2, 0) is 5.41 Å². The van der Waals surface area contributed by atoms with Crippen molar-refractivity contribution in [3.8, 4) is 23.2 Å². The van der Waals surface area contributed by atoms with E-state index in [9.17, 15) is 9.18 Å². The molecule has 9 heteroatoms. The monoisotopic (exact) mass is 410 g/mol. The molecule has 0 fully saturated rings. The van der Waals surface area contributed by atoms with Gasteiger partial charge in [-0.25, -0.2) is 14.4 Å². The first kappa shape index (κ1) is 19.7. The summed E-state index contributed by atoms with van der Waals surface area (Å²) in [5.41, 5.74) is 1.17. The smallest absolute Gasteiger partial charge is 0.269 e. The number of nitrogens with zero attached hydrogens (tertiary/aromatic N) is 4. The highest BCUT2D eigenvalue weighted by atomic mass is 19.1. The van der Waals surface area contributed by atoms with Crippen LogP contribution in [0.5, 0.6) is 0 Å². The molecule has 0 spiro atoms. The zero-order valence-corrected chi connectivity index (χ0v) is 16.7. The highest BCUT2D eigenvalue weighted by molar-refractivity contribution is 5.94. The number of aromatic nitrogens is 4. The van der Waals surface area contributed by atoms with Gasteiger partial charge in [-0.05, 0) is 30.7 Å². The molecule has 30 heavy (non-hydrogen) atoms. The van der Waals surface area contributed by atoms with Crippen molar-refractivity contribution in [3.63, 3.8) is 0 Å². The minimum Gasteiger partial charge on any atom is -0.444 e. The molecular weight excluding hydrogens is 391 g/mol. The van der Waals surface area contributed by atoms with Crippen LogP contribution in [0.4, 0.5) is 4.39 Å². The number of oxazole rings is 2. The number of rotatable bonds is 7. The van der Waals surface area contributed by atoms with Gasteiger partial charge in [0.2, 0.25) is 11.8 Å². The van der Waals surface area contributed by atoms with Crippen LogP contribution in [0, 0.1) is 12.7 Å². The van der Waals surface area contributed by atoms with E-state index >= 15 is 0 Å². The van der Waals surface area contributed by atoms with Crippen molar-refractivity contribution in [1.29, 1.82) is 0 Å². The minimum atomic E-state index is -0.422. The second-order valence-electron chi connectivity index (χ2n) is 7.53. The third-order valence-electron chi connectivity index (χ3n) is 4.77. The van der Waals surface area contributed by atoms with Crippen LogP contribution in [0.15, 0.2) is 50.1 Å². The topological polar surface area (TPSA) is 108 Å². The van der Waals surface area contributed by atoms with Crippen LogP contribution in [0.1, 0.15) is 48.8 Å². The molecule has 8 nitrogen and oxygen atoms in total. The molecule has 4 rings (SSSR count). The summed E-state index contributed by atoms with van der Waals surface area (Å²) in [7, 11) is 0. The molecule has 0 radical (unpaired) electrons. The Hall–Kier alpha value is -3.62. The van der Waals surface area contributed by atoms with Crippen molar-refractivity contribution >= 4 is 5.78 Å². The van der Waals surface area contributed by atoms with E-state index in [-0.39, 0.29) is 35.4 Å². The molecule has 4 aromatic rings. The van der Waals surface area contributed by atoms with Gasteiger partial charge in [-0.3, -0.25) is 4.79 Å². The van der Waals surface area contributed by atoms with Crippen LogP contribution in [0.2, 0.25) is 0 Å². The lowest BCUT2D eigenvalue weighted by atomic mass is 9.84. The lowest BCUT2D eigenvalue weighted by molar-refractivity contribution is 0.0967. The average molecular weight is 410 g/mol. The summed E-state index contributed by atoms with van der Waals surface area (Å²) < 4.78 is 28.8.